The zero-order valence-electron chi connectivity index (χ0n) is 14.4. The van der Waals surface area contributed by atoms with E-state index in [1.54, 1.807) is 0 Å². The van der Waals surface area contributed by atoms with Gasteiger partial charge in [0.05, 0.1) is 0 Å². The SMILES string of the molecule is CCC1(C)CCCN(c2ccc3nnc(C(C)(C)C)n3n2)C1. The zero-order valence-corrected chi connectivity index (χ0v) is 14.4. The molecule has 3 heterocycles. The number of fused-ring (bicyclic) bond motifs is 1. The van der Waals surface area contributed by atoms with Crippen molar-refractivity contribution in [3.8, 4) is 0 Å². The van der Waals surface area contributed by atoms with Crippen molar-refractivity contribution in [3.63, 3.8) is 0 Å². The second-order valence-electron chi connectivity index (χ2n) is 7.92. The van der Waals surface area contributed by atoms with Crippen LogP contribution in [0, 0.1) is 5.41 Å². The Morgan fingerprint density at radius 1 is 1.23 bits per heavy atom. The van der Waals surface area contributed by atoms with E-state index < -0.39 is 0 Å². The lowest BCUT2D eigenvalue weighted by Gasteiger charge is -2.40. The molecule has 1 saturated heterocycles. The third-order valence-corrected chi connectivity index (χ3v) is 4.88. The van der Waals surface area contributed by atoms with Crippen molar-refractivity contribution in [2.24, 2.45) is 5.41 Å². The van der Waals surface area contributed by atoms with E-state index in [2.05, 4.69) is 55.8 Å². The Balaban J connectivity index is 1.98. The molecular formula is C17H27N5. The highest BCUT2D eigenvalue weighted by Crippen LogP contribution is 2.34. The Kier molecular flexibility index (Phi) is 3.62. The van der Waals surface area contributed by atoms with Crippen LogP contribution in [0.3, 0.4) is 0 Å². The molecule has 2 aromatic rings. The normalized spacial score (nSPS) is 23.2. The monoisotopic (exact) mass is 301 g/mol. The van der Waals surface area contributed by atoms with Gasteiger partial charge in [0.15, 0.2) is 11.5 Å². The summed E-state index contributed by atoms with van der Waals surface area (Å²) in [5.41, 5.74) is 1.16. The topological polar surface area (TPSA) is 46.3 Å². The third kappa shape index (κ3) is 2.69. The molecule has 5 nitrogen and oxygen atoms in total. The molecule has 1 aliphatic rings. The summed E-state index contributed by atoms with van der Waals surface area (Å²) >= 11 is 0. The number of piperidine rings is 1. The van der Waals surface area contributed by atoms with Gasteiger partial charge in [-0.2, -0.15) is 4.52 Å². The highest BCUT2D eigenvalue weighted by atomic mass is 15.4. The Hall–Kier alpha value is -1.65. The summed E-state index contributed by atoms with van der Waals surface area (Å²) in [6, 6.07) is 4.11. The minimum absolute atomic E-state index is 0.0646. The number of hydrogen-bond donors (Lipinski definition) is 0. The lowest BCUT2D eigenvalue weighted by molar-refractivity contribution is 0.250. The number of nitrogens with zero attached hydrogens (tertiary/aromatic N) is 5. The zero-order chi connectivity index (χ0) is 16.0. The molecule has 0 aromatic carbocycles. The minimum Gasteiger partial charge on any atom is -0.355 e. The van der Waals surface area contributed by atoms with Crippen molar-refractivity contribution in [1.29, 1.82) is 0 Å². The highest BCUT2D eigenvalue weighted by Gasteiger charge is 2.30. The molecule has 0 radical (unpaired) electrons. The largest absolute Gasteiger partial charge is 0.355 e. The van der Waals surface area contributed by atoms with Gasteiger partial charge < -0.3 is 4.90 Å². The molecule has 3 rings (SSSR count). The van der Waals surface area contributed by atoms with E-state index in [4.69, 9.17) is 5.10 Å². The van der Waals surface area contributed by atoms with Crippen LogP contribution in [0.4, 0.5) is 5.82 Å². The summed E-state index contributed by atoms with van der Waals surface area (Å²) in [5.74, 6) is 1.96. The van der Waals surface area contributed by atoms with Crippen LogP contribution in [0.1, 0.15) is 59.7 Å². The van der Waals surface area contributed by atoms with Crippen LogP contribution < -0.4 is 4.90 Å². The second kappa shape index (κ2) is 5.21. The van der Waals surface area contributed by atoms with Gasteiger partial charge in [-0.1, -0.05) is 34.6 Å². The second-order valence-corrected chi connectivity index (χ2v) is 7.92. The maximum absolute atomic E-state index is 4.84. The van der Waals surface area contributed by atoms with Crippen LogP contribution in [0.5, 0.6) is 0 Å². The van der Waals surface area contributed by atoms with Gasteiger partial charge >= 0.3 is 0 Å². The minimum atomic E-state index is -0.0646. The standard InChI is InChI=1S/C17H27N5/c1-6-17(5)10-7-11-21(12-17)14-9-8-13-18-19-15(16(2,3)4)22(13)20-14/h8-9H,6-7,10-12H2,1-5H3. The van der Waals surface area contributed by atoms with Crippen LogP contribution in [-0.2, 0) is 5.41 Å². The first-order chi connectivity index (χ1) is 10.3. The summed E-state index contributed by atoms with van der Waals surface area (Å²) in [4.78, 5) is 2.42. The summed E-state index contributed by atoms with van der Waals surface area (Å²) < 4.78 is 1.91. The van der Waals surface area contributed by atoms with Gasteiger partial charge in [0.25, 0.3) is 0 Å². The van der Waals surface area contributed by atoms with E-state index in [1.165, 1.54) is 19.3 Å². The maximum Gasteiger partial charge on any atom is 0.178 e. The fraction of sp³-hybridized carbons (Fsp3) is 0.706. The molecule has 0 aliphatic carbocycles. The van der Waals surface area contributed by atoms with Crippen LogP contribution in [0.15, 0.2) is 12.1 Å². The summed E-state index contributed by atoms with van der Waals surface area (Å²) in [7, 11) is 0. The molecule has 0 spiro atoms. The highest BCUT2D eigenvalue weighted by molar-refractivity contribution is 5.46. The summed E-state index contributed by atoms with van der Waals surface area (Å²) in [5, 5.41) is 13.4. The molecule has 0 amide bonds. The smallest absolute Gasteiger partial charge is 0.178 e. The van der Waals surface area contributed by atoms with Crippen molar-refractivity contribution in [3.05, 3.63) is 18.0 Å². The lowest BCUT2D eigenvalue weighted by atomic mass is 9.80. The van der Waals surface area contributed by atoms with Crippen LogP contribution in [0.2, 0.25) is 0 Å². The van der Waals surface area contributed by atoms with Gasteiger partial charge in [0.1, 0.15) is 5.82 Å². The number of hydrogen-bond acceptors (Lipinski definition) is 4. The van der Waals surface area contributed by atoms with Crippen molar-refractivity contribution in [1.82, 2.24) is 19.8 Å². The molecule has 1 aliphatic heterocycles. The Labute approximate surface area is 132 Å². The Morgan fingerprint density at radius 2 is 2.00 bits per heavy atom. The van der Waals surface area contributed by atoms with Crippen molar-refractivity contribution < 1.29 is 0 Å². The first-order valence-electron chi connectivity index (χ1n) is 8.30. The molecule has 22 heavy (non-hydrogen) atoms. The molecule has 120 valence electrons. The molecule has 0 N–H and O–H groups in total. The molecular weight excluding hydrogens is 274 g/mol. The predicted molar refractivity (Wildman–Crippen MR) is 89.3 cm³/mol. The molecule has 1 fully saturated rings. The average molecular weight is 301 g/mol. The number of anilines is 1. The average Bonchev–Trinajstić information content (AvgIpc) is 2.90. The van der Waals surface area contributed by atoms with Crippen molar-refractivity contribution in [2.45, 2.75) is 59.3 Å². The van der Waals surface area contributed by atoms with Gasteiger partial charge in [-0.25, -0.2) is 0 Å². The van der Waals surface area contributed by atoms with Crippen molar-refractivity contribution >= 4 is 11.5 Å². The van der Waals surface area contributed by atoms with Gasteiger partial charge in [-0.05, 0) is 36.8 Å². The van der Waals surface area contributed by atoms with E-state index in [1.807, 2.05) is 10.6 Å². The van der Waals surface area contributed by atoms with E-state index in [0.29, 0.717) is 5.41 Å². The van der Waals surface area contributed by atoms with Gasteiger partial charge in [-0.3, -0.25) is 0 Å². The summed E-state index contributed by atoms with van der Waals surface area (Å²) in [6.45, 7) is 13.3. The third-order valence-electron chi connectivity index (χ3n) is 4.88. The quantitative estimate of drug-likeness (QED) is 0.852. The molecule has 0 saturated carbocycles. The van der Waals surface area contributed by atoms with E-state index in [-0.39, 0.29) is 5.41 Å². The lowest BCUT2D eigenvalue weighted by Crippen LogP contribution is -2.42. The van der Waals surface area contributed by atoms with Gasteiger partial charge in [0.2, 0.25) is 0 Å². The molecule has 0 bridgehead atoms. The molecule has 2 aromatic heterocycles. The Bertz CT molecular complexity index is 669. The van der Waals surface area contributed by atoms with E-state index >= 15 is 0 Å². The molecule has 1 atom stereocenters. The maximum atomic E-state index is 4.84. The predicted octanol–water partition coefficient (Wildman–Crippen LogP) is 3.44. The van der Waals surface area contributed by atoms with Gasteiger partial charge in [0, 0.05) is 18.5 Å². The van der Waals surface area contributed by atoms with Crippen molar-refractivity contribution in [2.75, 3.05) is 18.0 Å². The fourth-order valence-electron chi connectivity index (χ4n) is 3.22. The van der Waals surface area contributed by atoms with Crippen LogP contribution in [0.25, 0.3) is 5.65 Å². The fourth-order valence-corrected chi connectivity index (χ4v) is 3.22. The first kappa shape index (κ1) is 15.3. The number of rotatable bonds is 2. The van der Waals surface area contributed by atoms with Gasteiger partial charge in [-0.15, -0.1) is 15.3 Å². The molecule has 1 unspecified atom stereocenters. The summed E-state index contributed by atoms with van der Waals surface area (Å²) in [6.07, 6.45) is 3.76. The van der Waals surface area contributed by atoms with E-state index in [0.717, 1.165) is 30.4 Å². The van der Waals surface area contributed by atoms with E-state index in [9.17, 15) is 0 Å². The molecule has 5 heteroatoms. The van der Waals surface area contributed by atoms with Crippen LogP contribution in [-0.4, -0.2) is 32.9 Å². The first-order valence-corrected chi connectivity index (χ1v) is 8.30. The van der Waals surface area contributed by atoms with Crippen LogP contribution >= 0.6 is 0 Å². The number of aromatic nitrogens is 4. The Morgan fingerprint density at radius 3 is 2.68 bits per heavy atom.